The zero-order valence-electron chi connectivity index (χ0n) is 6.63. The summed E-state index contributed by atoms with van der Waals surface area (Å²) < 4.78 is 0. The van der Waals surface area contributed by atoms with Gasteiger partial charge in [0.25, 0.3) is 0 Å². The van der Waals surface area contributed by atoms with Crippen molar-refractivity contribution in [2.75, 3.05) is 20.1 Å². The molecule has 0 aromatic rings. The summed E-state index contributed by atoms with van der Waals surface area (Å²) in [6, 6.07) is -0.519. The summed E-state index contributed by atoms with van der Waals surface area (Å²) in [6.07, 6.45) is 1.69. The van der Waals surface area contributed by atoms with Crippen LogP contribution in [0.15, 0.2) is 12.7 Å². The highest BCUT2D eigenvalue weighted by Gasteiger charge is 2.12. The van der Waals surface area contributed by atoms with Crippen LogP contribution in [0.4, 0.5) is 0 Å². The van der Waals surface area contributed by atoms with Crippen molar-refractivity contribution < 1.29 is 9.90 Å². The lowest BCUT2D eigenvalue weighted by atomic mass is 10.3. The van der Waals surface area contributed by atoms with E-state index in [9.17, 15) is 4.79 Å². The average molecular weight is 158 g/mol. The number of carboxylic acids is 1. The molecule has 1 atom stereocenters. The summed E-state index contributed by atoms with van der Waals surface area (Å²) in [5.41, 5.74) is 0. The van der Waals surface area contributed by atoms with Crippen LogP contribution in [0.5, 0.6) is 0 Å². The van der Waals surface area contributed by atoms with Gasteiger partial charge in [0.1, 0.15) is 6.04 Å². The molecule has 0 aliphatic heterocycles. The van der Waals surface area contributed by atoms with Gasteiger partial charge in [-0.25, -0.2) is 0 Å². The van der Waals surface area contributed by atoms with E-state index in [4.69, 9.17) is 5.11 Å². The molecule has 0 amide bonds. The fourth-order valence-electron chi connectivity index (χ4n) is 0.643. The third-order valence-electron chi connectivity index (χ3n) is 1.28. The van der Waals surface area contributed by atoms with Crippen LogP contribution in [0.1, 0.15) is 0 Å². The van der Waals surface area contributed by atoms with Crippen molar-refractivity contribution in [3.05, 3.63) is 12.7 Å². The van der Waals surface area contributed by atoms with Crippen molar-refractivity contribution in [3.63, 3.8) is 0 Å². The zero-order chi connectivity index (χ0) is 8.69. The fourth-order valence-corrected chi connectivity index (χ4v) is 0.643. The molecule has 0 saturated carbocycles. The van der Waals surface area contributed by atoms with E-state index in [1.165, 1.54) is 0 Å². The fraction of sp³-hybridized carbons (Fsp3) is 0.571. The molecule has 0 aromatic heterocycles. The molecule has 3 N–H and O–H groups in total. The molecule has 0 heterocycles. The first-order valence-corrected chi connectivity index (χ1v) is 3.44. The summed E-state index contributed by atoms with van der Waals surface area (Å²) in [5, 5.41) is 14.1. The summed E-state index contributed by atoms with van der Waals surface area (Å²) in [6.45, 7) is 4.54. The summed E-state index contributed by atoms with van der Waals surface area (Å²) in [5.74, 6) is -0.843. The van der Waals surface area contributed by atoms with E-state index >= 15 is 0 Å². The second-order valence-corrected chi connectivity index (χ2v) is 2.13. The molecule has 0 aliphatic rings. The van der Waals surface area contributed by atoms with Gasteiger partial charge >= 0.3 is 5.97 Å². The predicted molar refractivity (Wildman–Crippen MR) is 43.6 cm³/mol. The molecule has 0 aliphatic carbocycles. The molecule has 4 nitrogen and oxygen atoms in total. The molecule has 64 valence electrons. The molecular formula is C7H14N2O2. The molecule has 0 saturated heterocycles. The molecule has 0 spiro atoms. The lowest BCUT2D eigenvalue weighted by Gasteiger charge is -2.10. The van der Waals surface area contributed by atoms with Crippen molar-refractivity contribution in [2.24, 2.45) is 0 Å². The van der Waals surface area contributed by atoms with E-state index < -0.39 is 12.0 Å². The number of aliphatic carboxylic acids is 1. The number of likely N-dealkylation sites (N-methyl/N-ethyl adjacent to an activating group) is 1. The van der Waals surface area contributed by atoms with Gasteiger partial charge in [0, 0.05) is 13.1 Å². The molecule has 0 radical (unpaired) electrons. The standard InChI is InChI=1S/C7H14N2O2/c1-3-4-9-5-6(8-2)7(10)11/h3,6,8-9H,1,4-5H2,2H3,(H,10,11)/t6-/m0/s1. The molecule has 11 heavy (non-hydrogen) atoms. The maximum atomic E-state index is 10.4. The number of nitrogens with one attached hydrogen (secondary N) is 2. The Hall–Kier alpha value is -0.870. The zero-order valence-corrected chi connectivity index (χ0v) is 6.63. The quantitative estimate of drug-likeness (QED) is 0.358. The van der Waals surface area contributed by atoms with Gasteiger partial charge in [-0.15, -0.1) is 6.58 Å². The minimum atomic E-state index is -0.843. The number of carbonyl (C=O) groups is 1. The molecule has 0 fully saturated rings. The van der Waals surface area contributed by atoms with E-state index in [1.807, 2.05) is 0 Å². The number of carboxylic acid groups (broad SMARTS) is 1. The SMILES string of the molecule is C=CCNC[C@H](NC)C(=O)O. The Morgan fingerprint density at radius 2 is 2.45 bits per heavy atom. The van der Waals surface area contributed by atoms with Crippen LogP contribution in [-0.2, 0) is 4.79 Å². The Morgan fingerprint density at radius 3 is 2.82 bits per heavy atom. The second-order valence-electron chi connectivity index (χ2n) is 2.13. The van der Waals surface area contributed by atoms with Crippen molar-refractivity contribution in [3.8, 4) is 0 Å². The Morgan fingerprint density at radius 1 is 1.82 bits per heavy atom. The van der Waals surface area contributed by atoms with Crippen LogP contribution in [0.25, 0.3) is 0 Å². The highest BCUT2D eigenvalue weighted by Crippen LogP contribution is 1.79. The van der Waals surface area contributed by atoms with Crippen LogP contribution in [-0.4, -0.2) is 37.3 Å². The van der Waals surface area contributed by atoms with Crippen LogP contribution in [0.2, 0.25) is 0 Å². The predicted octanol–water partition coefficient (Wildman–Crippen LogP) is -0.565. The second kappa shape index (κ2) is 5.88. The number of hydrogen-bond donors (Lipinski definition) is 3. The Labute approximate surface area is 66.3 Å². The highest BCUT2D eigenvalue weighted by molar-refractivity contribution is 5.73. The smallest absolute Gasteiger partial charge is 0.322 e. The topological polar surface area (TPSA) is 61.4 Å². The molecular weight excluding hydrogens is 144 g/mol. The van der Waals surface area contributed by atoms with E-state index in [1.54, 1.807) is 13.1 Å². The Balaban J connectivity index is 3.52. The maximum absolute atomic E-state index is 10.4. The average Bonchev–Trinajstić information content (AvgIpc) is 1.97. The van der Waals surface area contributed by atoms with E-state index in [0.717, 1.165) is 0 Å². The summed E-state index contributed by atoms with van der Waals surface area (Å²) in [4.78, 5) is 10.4. The molecule has 0 unspecified atom stereocenters. The van der Waals surface area contributed by atoms with Crippen LogP contribution in [0.3, 0.4) is 0 Å². The van der Waals surface area contributed by atoms with Gasteiger partial charge in [0.15, 0.2) is 0 Å². The summed E-state index contributed by atoms with van der Waals surface area (Å²) in [7, 11) is 1.62. The molecule has 0 bridgehead atoms. The minimum Gasteiger partial charge on any atom is -0.480 e. The van der Waals surface area contributed by atoms with Gasteiger partial charge in [0.2, 0.25) is 0 Å². The molecule has 0 aromatic carbocycles. The van der Waals surface area contributed by atoms with Gasteiger partial charge in [-0.3, -0.25) is 4.79 Å². The van der Waals surface area contributed by atoms with Gasteiger partial charge in [-0.05, 0) is 7.05 Å². The van der Waals surface area contributed by atoms with Gasteiger partial charge < -0.3 is 15.7 Å². The normalized spacial score (nSPS) is 12.5. The lowest BCUT2D eigenvalue weighted by molar-refractivity contribution is -0.139. The Bertz CT molecular complexity index is 136. The van der Waals surface area contributed by atoms with Crippen molar-refractivity contribution in [1.82, 2.24) is 10.6 Å². The van der Waals surface area contributed by atoms with Crippen LogP contribution < -0.4 is 10.6 Å². The third-order valence-corrected chi connectivity index (χ3v) is 1.28. The van der Waals surface area contributed by atoms with Crippen LogP contribution in [0, 0.1) is 0 Å². The first kappa shape index (κ1) is 10.1. The first-order valence-electron chi connectivity index (χ1n) is 3.44. The number of hydrogen-bond acceptors (Lipinski definition) is 3. The van der Waals surface area contributed by atoms with Crippen molar-refractivity contribution in [1.29, 1.82) is 0 Å². The Kier molecular flexibility index (Phi) is 5.42. The first-order chi connectivity index (χ1) is 5.22. The monoisotopic (exact) mass is 158 g/mol. The third kappa shape index (κ3) is 4.52. The van der Waals surface area contributed by atoms with Gasteiger partial charge in [-0.2, -0.15) is 0 Å². The van der Waals surface area contributed by atoms with Gasteiger partial charge in [-0.1, -0.05) is 6.08 Å². The van der Waals surface area contributed by atoms with Crippen LogP contribution >= 0.6 is 0 Å². The van der Waals surface area contributed by atoms with E-state index in [-0.39, 0.29) is 0 Å². The lowest BCUT2D eigenvalue weighted by Crippen LogP contribution is -2.42. The summed E-state index contributed by atoms with van der Waals surface area (Å²) >= 11 is 0. The molecule has 4 heteroatoms. The maximum Gasteiger partial charge on any atom is 0.322 e. The largest absolute Gasteiger partial charge is 0.480 e. The van der Waals surface area contributed by atoms with Crippen molar-refractivity contribution in [2.45, 2.75) is 6.04 Å². The van der Waals surface area contributed by atoms with Crippen molar-refractivity contribution >= 4 is 5.97 Å². The molecule has 0 rings (SSSR count). The minimum absolute atomic E-state index is 0.415. The van der Waals surface area contributed by atoms with E-state index in [0.29, 0.717) is 13.1 Å². The van der Waals surface area contributed by atoms with Gasteiger partial charge in [0.05, 0.1) is 0 Å². The number of rotatable bonds is 6. The van der Waals surface area contributed by atoms with E-state index in [2.05, 4.69) is 17.2 Å². The highest BCUT2D eigenvalue weighted by atomic mass is 16.4.